The standard InChI is InChI=1S/C18H18N2O4/c1-19-18(21)17-10-20(13-4-2-3-5-14(13)24-17)9-12-6-7-15-16(8-12)23-11-22-15/h2-8,17H,9-11H2,1H3,(H,19,21)/t17-/m0/s1. The fourth-order valence-electron chi connectivity index (χ4n) is 3.01. The minimum atomic E-state index is -0.529. The lowest BCUT2D eigenvalue weighted by atomic mass is 10.1. The van der Waals surface area contributed by atoms with Crippen LogP contribution in [0, 0.1) is 0 Å². The van der Waals surface area contributed by atoms with E-state index < -0.39 is 6.10 Å². The van der Waals surface area contributed by atoms with Crippen molar-refractivity contribution in [1.82, 2.24) is 5.32 Å². The smallest absolute Gasteiger partial charge is 0.262 e. The molecule has 1 amide bonds. The number of benzene rings is 2. The second-order valence-electron chi connectivity index (χ2n) is 5.76. The highest BCUT2D eigenvalue weighted by Gasteiger charge is 2.30. The van der Waals surface area contributed by atoms with E-state index in [1.54, 1.807) is 7.05 Å². The third-order valence-electron chi connectivity index (χ3n) is 4.21. The number of likely N-dealkylation sites (N-methyl/N-ethyl adjacent to an activating group) is 1. The van der Waals surface area contributed by atoms with E-state index in [-0.39, 0.29) is 12.7 Å². The molecule has 0 aromatic heterocycles. The maximum atomic E-state index is 12.0. The average molecular weight is 326 g/mol. The van der Waals surface area contributed by atoms with Crippen molar-refractivity contribution >= 4 is 11.6 Å². The predicted molar refractivity (Wildman–Crippen MR) is 88.5 cm³/mol. The Morgan fingerprint density at radius 2 is 2.00 bits per heavy atom. The third-order valence-corrected chi connectivity index (χ3v) is 4.21. The number of ether oxygens (including phenoxy) is 3. The first-order chi connectivity index (χ1) is 11.7. The summed E-state index contributed by atoms with van der Waals surface area (Å²) in [5, 5.41) is 2.66. The zero-order valence-corrected chi connectivity index (χ0v) is 13.3. The van der Waals surface area contributed by atoms with Gasteiger partial charge in [-0.2, -0.15) is 0 Å². The maximum absolute atomic E-state index is 12.0. The molecule has 6 heteroatoms. The summed E-state index contributed by atoms with van der Waals surface area (Å²) in [6.45, 7) is 1.41. The molecule has 0 spiro atoms. The van der Waals surface area contributed by atoms with Gasteiger partial charge in [-0.1, -0.05) is 18.2 Å². The number of hydrogen-bond acceptors (Lipinski definition) is 5. The van der Waals surface area contributed by atoms with E-state index in [0.29, 0.717) is 13.1 Å². The third kappa shape index (κ3) is 2.60. The molecule has 124 valence electrons. The number of rotatable bonds is 3. The van der Waals surface area contributed by atoms with Gasteiger partial charge in [0.15, 0.2) is 17.6 Å². The Morgan fingerprint density at radius 1 is 1.17 bits per heavy atom. The van der Waals surface area contributed by atoms with E-state index in [1.807, 2.05) is 42.5 Å². The Kier molecular flexibility index (Phi) is 3.65. The Balaban J connectivity index is 1.62. The topological polar surface area (TPSA) is 60.0 Å². The molecule has 0 saturated carbocycles. The van der Waals surface area contributed by atoms with Crippen LogP contribution in [-0.2, 0) is 11.3 Å². The van der Waals surface area contributed by atoms with E-state index in [0.717, 1.165) is 28.5 Å². The SMILES string of the molecule is CNC(=O)[C@@H]1CN(Cc2ccc3c(c2)OCO3)c2ccccc2O1. The zero-order chi connectivity index (χ0) is 16.5. The fraction of sp³-hybridized carbons (Fsp3) is 0.278. The average Bonchev–Trinajstić information content (AvgIpc) is 3.08. The fourth-order valence-corrected chi connectivity index (χ4v) is 3.01. The van der Waals surface area contributed by atoms with Gasteiger partial charge in [-0.15, -0.1) is 0 Å². The molecule has 0 saturated heterocycles. The molecule has 0 radical (unpaired) electrons. The highest BCUT2D eigenvalue weighted by Crippen LogP contribution is 2.36. The Bertz CT molecular complexity index is 777. The van der Waals surface area contributed by atoms with Crippen molar-refractivity contribution in [3.63, 3.8) is 0 Å². The van der Waals surface area contributed by atoms with Crippen LogP contribution in [0.1, 0.15) is 5.56 Å². The molecule has 2 heterocycles. The van der Waals surface area contributed by atoms with Gasteiger partial charge in [0.05, 0.1) is 12.2 Å². The second kappa shape index (κ2) is 5.96. The number of carbonyl (C=O) groups excluding carboxylic acids is 1. The molecule has 1 N–H and O–H groups in total. The van der Waals surface area contributed by atoms with Crippen molar-refractivity contribution < 1.29 is 19.0 Å². The molecule has 0 bridgehead atoms. The first-order valence-electron chi connectivity index (χ1n) is 7.85. The van der Waals surface area contributed by atoms with E-state index in [9.17, 15) is 4.79 Å². The molecule has 6 nitrogen and oxygen atoms in total. The molecular weight excluding hydrogens is 308 g/mol. The van der Waals surface area contributed by atoms with Crippen LogP contribution in [0.3, 0.4) is 0 Å². The number of carbonyl (C=O) groups is 1. The van der Waals surface area contributed by atoms with Gasteiger partial charge in [0.2, 0.25) is 6.79 Å². The Morgan fingerprint density at radius 3 is 2.88 bits per heavy atom. The molecule has 4 rings (SSSR count). The summed E-state index contributed by atoms with van der Waals surface area (Å²) < 4.78 is 16.6. The quantitative estimate of drug-likeness (QED) is 0.934. The van der Waals surface area contributed by atoms with Gasteiger partial charge < -0.3 is 24.4 Å². The van der Waals surface area contributed by atoms with E-state index >= 15 is 0 Å². The lowest BCUT2D eigenvalue weighted by Crippen LogP contribution is -2.47. The Hall–Kier alpha value is -2.89. The molecule has 0 fully saturated rings. The van der Waals surface area contributed by atoms with Crippen molar-refractivity contribution in [1.29, 1.82) is 0 Å². The van der Waals surface area contributed by atoms with Crippen LogP contribution in [0.15, 0.2) is 42.5 Å². The van der Waals surface area contributed by atoms with Gasteiger partial charge in [-0.05, 0) is 29.8 Å². The lowest BCUT2D eigenvalue weighted by molar-refractivity contribution is -0.127. The molecule has 24 heavy (non-hydrogen) atoms. The summed E-state index contributed by atoms with van der Waals surface area (Å²) in [6, 6.07) is 13.7. The minimum Gasteiger partial charge on any atom is -0.477 e. The number of hydrogen-bond donors (Lipinski definition) is 1. The van der Waals surface area contributed by atoms with Crippen LogP contribution in [0.5, 0.6) is 17.2 Å². The number of nitrogens with one attached hydrogen (secondary N) is 1. The predicted octanol–water partition coefficient (Wildman–Crippen LogP) is 1.93. The summed E-state index contributed by atoms with van der Waals surface area (Å²) in [5.74, 6) is 2.12. The summed E-state index contributed by atoms with van der Waals surface area (Å²) in [7, 11) is 1.62. The van der Waals surface area contributed by atoms with Crippen molar-refractivity contribution in [3.8, 4) is 17.2 Å². The monoisotopic (exact) mass is 326 g/mol. The zero-order valence-electron chi connectivity index (χ0n) is 13.3. The van der Waals surface area contributed by atoms with Crippen LogP contribution in [0.2, 0.25) is 0 Å². The van der Waals surface area contributed by atoms with Crippen LogP contribution in [0.25, 0.3) is 0 Å². The van der Waals surface area contributed by atoms with Crippen LogP contribution in [-0.4, -0.2) is 32.4 Å². The highest BCUT2D eigenvalue weighted by molar-refractivity contribution is 5.83. The highest BCUT2D eigenvalue weighted by atomic mass is 16.7. The Labute approximate surface area is 139 Å². The second-order valence-corrected chi connectivity index (χ2v) is 5.76. The van der Waals surface area contributed by atoms with Crippen LogP contribution in [0.4, 0.5) is 5.69 Å². The van der Waals surface area contributed by atoms with Crippen molar-refractivity contribution in [3.05, 3.63) is 48.0 Å². The number of anilines is 1. The van der Waals surface area contributed by atoms with E-state index in [4.69, 9.17) is 14.2 Å². The van der Waals surface area contributed by atoms with Gasteiger partial charge in [-0.3, -0.25) is 4.79 Å². The van der Waals surface area contributed by atoms with E-state index in [2.05, 4.69) is 10.2 Å². The van der Waals surface area contributed by atoms with Crippen molar-refractivity contribution in [2.24, 2.45) is 0 Å². The molecule has 2 aromatic carbocycles. The van der Waals surface area contributed by atoms with Gasteiger partial charge in [0.1, 0.15) is 5.75 Å². The number of para-hydroxylation sites is 2. The van der Waals surface area contributed by atoms with Gasteiger partial charge >= 0.3 is 0 Å². The molecule has 2 aliphatic heterocycles. The first kappa shape index (κ1) is 14.7. The number of amides is 1. The van der Waals surface area contributed by atoms with E-state index in [1.165, 1.54) is 0 Å². The van der Waals surface area contributed by atoms with Gasteiger partial charge in [0.25, 0.3) is 5.91 Å². The first-order valence-corrected chi connectivity index (χ1v) is 7.85. The molecule has 0 unspecified atom stereocenters. The normalized spacial score (nSPS) is 17.9. The molecule has 1 atom stereocenters. The summed E-state index contributed by atoms with van der Waals surface area (Å²) in [6.07, 6.45) is -0.529. The maximum Gasteiger partial charge on any atom is 0.262 e. The summed E-state index contributed by atoms with van der Waals surface area (Å²) in [4.78, 5) is 14.2. The molecule has 2 aromatic rings. The van der Waals surface area contributed by atoms with Gasteiger partial charge in [0, 0.05) is 13.6 Å². The molecule has 0 aliphatic carbocycles. The van der Waals surface area contributed by atoms with Crippen LogP contribution < -0.4 is 24.4 Å². The van der Waals surface area contributed by atoms with Crippen molar-refractivity contribution in [2.75, 3.05) is 25.3 Å². The van der Waals surface area contributed by atoms with Crippen molar-refractivity contribution in [2.45, 2.75) is 12.6 Å². The number of fused-ring (bicyclic) bond motifs is 2. The summed E-state index contributed by atoms with van der Waals surface area (Å²) in [5.41, 5.74) is 2.07. The van der Waals surface area contributed by atoms with Crippen LogP contribution >= 0.6 is 0 Å². The largest absolute Gasteiger partial charge is 0.477 e. The van der Waals surface area contributed by atoms with Gasteiger partial charge in [-0.25, -0.2) is 0 Å². The lowest BCUT2D eigenvalue weighted by Gasteiger charge is -2.35. The summed E-state index contributed by atoms with van der Waals surface area (Å²) >= 11 is 0. The number of nitrogens with zero attached hydrogens (tertiary/aromatic N) is 1. The minimum absolute atomic E-state index is 0.125. The molecule has 2 aliphatic rings. The molecular formula is C18H18N2O4.